The standard InChI is InChI=1S/C72H140O17P2/c1-6-10-13-16-18-20-22-23-24-25-26-27-31-34-38-41-46-51-56-70(75)83-62-68(89-72(77)58-53-48-43-39-35-32-29-28-30-33-36-40-45-49-54-65(5)9-4)64-87-91(80,81)85-60-66(73)59-84-90(78,79)86-63-67(61-82-69(74)55-50-44-15-12-8-3)88-71(76)57-52-47-42-37-21-19-17-14-11-7-2/h65-68,73H,6-64H2,1-5H3,(H,78,79)(H,80,81)/t65?,66-,67+,68+/m0/s1. The smallest absolute Gasteiger partial charge is 0.462 e. The number of phosphoric ester groups is 2. The van der Waals surface area contributed by atoms with Gasteiger partial charge in [0.1, 0.15) is 19.3 Å². The van der Waals surface area contributed by atoms with Crippen molar-refractivity contribution in [3.63, 3.8) is 0 Å². The fraction of sp³-hybridized carbons (Fsp3) is 0.944. The molecule has 540 valence electrons. The molecule has 0 bridgehead atoms. The van der Waals surface area contributed by atoms with Gasteiger partial charge in [-0.15, -0.1) is 0 Å². The summed E-state index contributed by atoms with van der Waals surface area (Å²) >= 11 is 0. The normalized spacial score (nSPS) is 14.3. The molecule has 0 aliphatic rings. The summed E-state index contributed by atoms with van der Waals surface area (Å²) in [6, 6.07) is 0. The Morgan fingerprint density at radius 1 is 0.308 bits per heavy atom. The predicted octanol–water partition coefficient (Wildman–Crippen LogP) is 20.9. The van der Waals surface area contributed by atoms with E-state index in [-0.39, 0.29) is 25.7 Å². The number of phosphoric acid groups is 2. The first-order valence-corrected chi connectivity index (χ1v) is 40.7. The second-order valence-corrected chi connectivity index (χ2v) is 29.1. The molecule has 0 radical (unpaired) electrons. The number of unbranched alkanes of at least 4 members (excludes halogenated alkanes) is 43. The predicted molar refractivity (Wildman–Crippen MR) is 368 cm³/mol. The molecule has 3 unspecified atom stereocenters. The van der Waals surface area contributed by atoms with Crippen LogP contribution in [0.15, 0.2) is 0 Å². The maximum atomic E-state index is 13.0. The SMILES string of the molecule is CCCCCCCCCCCCCCCCCCCCC(=O)OC[C@H](COP(=O)(O)OC[C@@H](O)COP(=O)(O)OC[C@@H](COC(=O)CCCCCCC)OC(=O)CCCCCCCCCCCC)OC(=O)CCCCCCCCCCCCCCCCC(C)CC. The van der Waals surface area contributed by atoms with Gasteiger partial charge in [0.15, 0.2) is 12.2 Å². The van der Waals surface area contributed by atoms with E-state index in [2.05, 4.69) is 34.6 Å². The molecule has 0 saturated heterocycles. The molecular weight excluding hydrogens is 1200 g/mol. The lowest BCUT2D eigenvalue weighted by Crippen LogP contribution is -2.30. The molecule has 0 aromatic carbocycles. The monoisotopic (exact) mass is 1340 g/mol. The van der Waals surface area contributed by atoms with Crippen LogP contribution in [0.25, 0.3) is 0 Å². The third kappa shape index (κ3) is 65.1. The lowest BCUT2D eigenvalue weighted by atomic mass is 9.99. The van der Waals surface area contributed by atoms with E-state index in [1.54, 1.807) is 0 Å². The van der Waals surface area contributed by atoms with Gasteiger partial charge in [-0.25, -0.2) is 9.13 Å². The molecular formula is C72H140O17P2. The van der Waals surface area contributed by atoms with E-state index in [1.165, 1.54) is 193 Å². The molecule has 0 heterocycles. The maximum Gasteiger partial charge on any atom is 0.472 e. The summed E-state index contributed by atoms with van der Waals surface area (Å²) in [7, 11) is -9.89. The van der Waals surface area contributed by atoms with Crippen molar-refractivity contribution < 1.29 is 80.2 Å². The summed E-state index contributed by atoms with van der Waals surface area (Å²) in [5.41, 5.74) is 0. The van der Waals surface area contributed by atoms with Crippen molar-refractivity contribution in [2.24, 2.45) is 5.92 Å². The van der Waals surface area contributed by atoms with Gasteiger partial charge in [-0.05, 0) is 31.6 Å². The van der Waals surface area contributed by atoms with E-state index < -0.39 is 97.5 Å². The van der Waals surface area contributed by atoms with Crippen LogP contribution in [0, 0.1) is 5.92 Å². The van der Waals surface area contributed by atoms with E-state index in [4.69, 9.17) is 37.0 Å². The number of aliphatic hydroxyl groups is 1. The number of hydrogen-bond acceptors (Lipinski definition) is 15. The molecule has 3 N–H and O–H groups in total. The Morgan fingerprint density at radius 2 is 0.527 bits per heavy atom. The summed E-state index contributed by atoms with van der Waals surface area (Å²) in [6.07, 6.45) is 53.1. The zero-order valence-corrected chi connectivity index (χ0v) is 60.8. The first-order valence-electron chi connectivity index (χ1n) is 37.7. The van der Waals surface area contributed by atoms with Crippen molar-refractivity contribution >= 4 is 39.5 Å². The van der Waals surface area contributed by atoms with Gasteiger partial charge >= 0.3 is 39.5 Å². The Kier molecular flexibility index (Phi) is 64.0. The van der Waals surface area contributed by atoms with Crippen LogP contribution in [0.4, 0.5) is 0 Å². The number of aliphatic hydroxyl groups excluding tert-OH is 1. The van der Waals surface area contributed by atoms with Crippen molar-refractivity contribution in [1.29, 1.82) is 0 Å². The van der Waals surface area contributed by atoms with Crippen LogP contribution in [0.1, 0.15) is 375 Å². The molecule has 6 atom stereocenters. The van der Waals surface area contributed by atoms with Crippen molar-refractivity contribution in [3.8, 4) is 0 Å². The molecule has 0 spiro atoms. The quantitative estimate of drug-likeness (QED) is 0.0222. The van der Waals surface area contributed by atoms with Gasteiger partial charge in [-0.1, -0.05) is 324 Å². The van der Waals surface area contributed by atoms with E-state index in [1.807, 2.05) is 0 Å². The highest BCUT2D eigenvalue weighted by Crippen LogP contribution is 2.45. The largest absolute Gasteiger partial charge is 0.472 e. The highest BCUT2D eigenvalue weighted by molar-refractivity contribution is 7.47. The van der Waals surface area contributed by atoms with Crippen molar-refractivity contribution in [2.75, 3.05) is 39.6 Å². The molecule has 0 aromatic heterocycles. The summed E-state index contributed by atoms with van der Waals surface area (Å²) in [5.74, 6) is -1.29. The molecule has 91 heavy (non-hydrogen) atoms. The van der Waals surface area contributed by atoms with Gasteiger partial charge in [0.25, 0.3) is 0 Å². The Hall–Kier alpha value is -1.94. The summed E-state index contributed by atoms with van der Waals surface area (Å²) in [5, 5.41) is 10.6. The number of carbonyl (C=O) groups excluding carboxylic acids is 4. The van der Waals surface area contributed by atoms with Gasteiger partial charge < -0.3 is 33.8 Å². The van der Waals surface area contributed by atoms with Crippen LogP contribution in [-0.2, 0) is 65.4 Å². The third-order valence-electron chi connectivity index (χ3n) is 17.1. The van der Waals surface area contributed by atoms with Crippen LogP contribution in [0.2, 0.25) is 0 Å². The highest BCUT2D eigenvalue weighted by atomic mass is 31.2. The first-order chi connectivity index (χ1) is 44.1. The van der Waals surface area contributed by atoms with E-state index >= 15 is 0 Å². The number of carbonyl (C=O) groups is 4. The zero-order chi connectivity index (χ0) is 67.0. The van der Waals surface area contributed by atoms with Crippen molar-refractivity contribution in [2.45, 2.75) is 393 Å². The summed E-state index contributed by atoms with van der Waals surface area (Å²) in [4.78, 5) is 72.3. The van der Waals surface area contributed by atoms with Gasteiger partial charge in [-0.3, -0.25) is 37.3 Å². The van der Waals surface area contributed by atoms with Crippen LogP contribution >= 0.6 is 15.6 Å². The first kappa shape index (κ1) is 89.1. The minimum absolute atomic E-state index is 0.106. The number of esters is 4. The number of hydrogen-bond donors (Lipinski definition) is 3. The third-order valence-corrected chi connectivity index (χ3v) is 19.0. The van der Waals surface area contributed by atoms with Crippen molar-refractivity contribution in [3.05, 3.63) is 0 Å². The average Bonchev–Trinajstić information content (AvgIpc) is 3.74. The molecule has 0 saturated carbocycles. The molecule has 0 aliphatic heterocycles. The minimum Gasteiger partial charge on any atom is -0.462 e. The molecule has 17 nitrogen and oxygen atoms in total. The van der Waals surface area contributed by atoms with Gasteiger partial charge in [0.2, 0.25) is 0 Å². The van der Waals surface area contributed by atoms with Gasteiger partial charge in [0, 0.05) is 25.7 Å². The summed E-state index contributed by atoms with van der Waals surface area (Å²) < 4.78 is 68.1. The fourth-order valence-corrected chi connectivity index (χ4v) is 12.5. The lowest BCUT2D eigenvalue weighted by Gasteiger charge is -2.21. The lowest BCUT2D eigenvalue weighted by molar-refractivity contribution is -0.161. The second kappa shape index (κ2) is 65.4. The topological polar surface area (TPSA) is 237 Å². The maximum absolute atomic E-state index is 13.0. The fourth-order valence-electron chi connectivity index (χ4n) is 11.0. The minimum atomic E-state index is -4.95. The molecule has 0 rings (SSSR count). The second-order valence-electron chi connectivity index (χ2n) is 26.2. The molecule has 0 aliphatic carbocycles. The van der Waals surface area contributed by atoms with E-state index in [9.17, 15) is 43.2 Å². The van der Waals surface area contributed by atoms with E-state index in [0.717, 1.165) is 102 Å². The molecule has 0 amide bonds. The van der Waals surface area contributed by atoms with Crippen molar-refractivity contribution in [1.82, 2.24) is 0 Å². The van der Waals surface area contributed by atoms with Crippen LogP contribution in [0.5, 0.6) is 0 Å². The highest BCUT2D eigenvalue weighted by Gasteiger charge is 2.30. The van der Waals surface area contributed by atoms with E-state index in [0.29, 0.717) is 25.7 Å². The molecule has 19 heteroatoms. The average molecular weight is 1340 g/mol. The van der Waals surface area contributed by atoms with Crippen LogP contribution in [0.3, 0.4) is 0 Å². The summed E-state index contributed by atoms with van der Waals surface area (Å²) in [6.45, 7) is 7.22. The molecule has 0 aromatic rings. The Bertz CT molecular complexity index is 1760. The Balaban J connectivity index is 5.13. The molecule has 0 fully saturated rings. The Labute approximate surface area is 556 Å². The Morgan fingerprint density at radius 3 is 0.780 bits per heavy atom. The van der Waals surface area contributed by atoms with Gasteiger partial charge in [-0.2, -0.15) is 0 Å². The van der Waals surface area contributed by atoms with Crippen LogP contribution < -0.4 is 0 Å². The van der Waals surface area contributed by atoms with Gasteiger partial charge in [0.05, 0.1) is 26.4 Å². The van der Waals surface area contributed by atoms with Crippen LogP contribution in [-0.4, -0.2) is 96.7 Å². The number of ether oxygens (including phenoxy) is 4. The zero-order valence-electron chi connectivity index (χ0n) is 59.0. The number of rotatable bonds is 72.